The molecule has 0 aliphatic carbocycles. The Hall–Kier alpha value is -1.51. The van der Waals surface area contributed by atoms with Gasteiger partial charge in [0.1, 0.15) is 5.75 Å². The van der Waals surface area contributed by atoms with E-state index in [2.05, 4.69) is 0 Å². The summed E-state index contributed by atoms with van der Waals surface area (Å²) in [7, 11) is 1.65. The van der Waals surface area contributed by atoms with Crippen LogP contribution in [0.3, 0.4) is 0 Å². The number of hydrogen-bond acceptors (Lipinski definition) is 2. The summed E-state index contributed by atoms with van der Waals surface area (Å²) in [6.45, 7) is 6.00. The molecular formula is C14H20O3. The molecule has 1 aromatic carbocycles. The second-order valence-corrected chi connectivity index (χ2v) is 4.38. The van der Waals surface area contributed by atoms with E-state index >= 15 is 0 Å². The summed E-state index contributed by atoms with van der Waals surface area (Å²) < 4.78 is 5.26. The van der Waals surface area contributed by atoms with Crippen LogP contribution < -0.4 is 4.74 Å². The molecule has 3 nitrogen and oxygen atoms in total. The van der Waals surface area contributed by atoms with Crippen molar-refractivity contribution in [2.75, 3.05) is 7.11 Å². The highest BCUT2D eigenvalue weighted by molar-refractivity contribution is 5.68. The monoisotopic (exact) mass is 236 g/mol. The highest BCUT2D eigenvalue weighted by atomic mass is 16.5. The molecule has 0 aliphatic rings. The van der Waals surface area contributed by atoms with Gasteiger partial charge in [-0.05, 0) is 48.9 Å². The smallest absolute Gasteiger partial charge is 0.303 e. The van der Waals surface area contributed by atoms with E-state index in [1.165, 1.54) is 0 Å². The number of hydrogen-bond donors (Lipinski definition) is 1. The number of aryl methyl sites for hydroxylation is 2. The fourth-order valence-electron chi connectivity index (χ4n) is 2.16. The van der Waals surface area contributed by atoms with Crippen LogP contribution in [0.2, 0.25) is 0 Å². The Bertz CT molecular complexity index is 410. The molecule has 0 aliphatic heterocycles. The van der Waals surface area contributed by atoms with Gasteiger partial charge in [0.05, 0.1) is 13.5 Å². The number of benzene rings is 1. The van der Waals surface area contributed by atoms with Crippen LogP contribution in [0, 0.1) is 13.8 Å². The maximum Gasteiger partial charge on any atom is 0.303 e. The van der Waals surface area contributed by atoms with Gasteiger partial charge < -0.3 is 9.84 Å². The molecule has 1 N–H and O–H groups in total. The molecule has 1 aromatic rings. The van der Waals surface area contributed by atoms with Crippen LogP contribution in [0.1, 0.15) is 42.4 Å². The second kappa shape index (κ2) is 5.71. The lowest BCUT2D eigenvalue weighted by Crippen LogP contribution is -2.07. The van der Waals surface area contributed by atoms with Crippen molar-refractivity contribution in [1.29, 1.82) is 0 Å². The van der Waals surface area contributed by atoms with E-state index in [1.54, 1.807) is 7.11 Å². The molecule has 0 bridgehead atoms. The Morgan fingerprint density at radius 3 is 2.47 bits per heavy atom. The molecular weight excluding hydrogens is 216 g/mol. The molecule has 0 spiro atoms. The van der Waals surface area contributed by atoms with Gasteiger partial charge in [-0.15, -0.1) is 0 Å². The van der Waals surface area contributed by atoms with E-state index in [0.717, 1.165) is 28.9 Å². The Labute approximate surface area is 102 Å². The normalized spacial score (nSPS) is 12.2. The third-order valence-corrected chi connectivity index (χ3v) is 3.14. The van der Waals surface area contributed by atoms with Crippen LogP contribution >= 0.6 is 0 Å². The van der Waals surface area contributed by atoms with Crippen LogP contribution in [0.4, 0.5) is 0 Å². The zero-order chi connectivity index (χ0) is 13.0. The van der Waals surface area contributed by atoms with Crippen LogP contribution in [0.15, 0.2) is 12.1 Å². The lowest BCUT2D eigenvalue weighted by molar-refractivity contribution is -0.137. The zero-order valence-corrected chi connectivity index (χ0v) is 10.9. The molecule has 1 unspecified atom stereocenters. The van der Waals surface area contributed by atoms with Gasteiger partial charge in [-0.25, -0.2) is 0 Å². The number of rotatable bonds is 5. The van der Waals surface area contributed by atoms with Gasteiger partial charge in [0.2, 0.25) is 0 Å². The number of carboxylic acid groups (broad SMARTS) is 1. The van der Waals surface area contributed by atoms with E-state index < -0.39 is 5.97 Å². The second-order valence-electron chi connectivity index (χ2n) is 4.38. The van der Waals surface area contributed by atoms with Crippen molar-refractivity contribution in [3.8, 4) is 5.75 Å². The number of carboxylic acids is 1. The van der Waals surface area contributed by atoms with E-state index in [9.17, 15) is 4.79 Å². The topological polar surface area (TPSA) is 46.5 Å². The summed E-state index contributed by atoms with van der Waals surface area (Å²) in [5.41, 5.74) is 3.27. The van der Waals surface area contributed by atoms with Crippen molar-refractivity contribution in [3.05, 3.63) is 28.8 Å². The summed E-state index contributed by atoms with van der Waals surface area (Å²) in [6.07, 6.45) is 1.02. The molecule has 0 amide bonds. The lowest BCUT2D eigenvalue weighted by atomic mass is 9.88. The fraction of sp³-hybridized carbons (Fsp3) is 0.500. The van der Waals surface area contributed by atoms with Crippen molar-refractivity contribution >= 4 is 5.97 Å². The summed E-state index contributed by atoms with van der Waals surface area (Å²) >= 11 is 0. The quantitative estimate of drug-likeness (QED) is 0.853. The summed E-state index contributed by atoms with van der Waals surface area (Å²) in [5, 5.41) is 8.91. The molecule has 0 fully saturated rings. The average molecular weight is 236 g/mol. The third-order valence-electron chi connectivity index (χ3n) is 3.14. The first-order valence-corrected chi connectivity index (χ1v) is 5.86. The molecule has 3 heteroatoms. The van der Waals surface area contributed by atoms with Crippen molar-refractivity contribution in [2.45, 2.75) is 39.5 Å². The minimum absolute atomic E-state index is 0.0807. The van der Waals surface area contributed by atoms with Gasteiger partial charge in [-0.1, -0.05) is 13.0 Å². The summed E-state index contributed by atoms with van der Waals surface area (Å²) in [4.78, 5) is 10.8. The number of ether oxygens (including phenoxy) is 1. The first-order chi connectivity index (χ1) is 7.99. The first kappa shape index (κ1) is 13.6. The first-order valence-electron chi connectivity index (χ1n) is 5.86. The Morgan fingerprint density at radius 2 is 2.00 bits per heavy atom. The molecule has 1 atom stereocenters. The van der Waals surface area contributed by atoms with Gasteiger partial charge in [0.25, 0.3) is 0 Å². The molecule has 0 saturated carbocycles. The van der Waals surface area contributed by atoms with Crippen LogP contribution in [0.5, 0.6) is 5.75 Å². The third kappa shape index (κ3) is 3.22. The van der Waals surface area contributed by atoms with Crippen LogP contribution in [-0.2, 0) is 4.79 Å². The average Bonchev–Trinajstić information content (AvgIpc) is 2.28. The van der Waals surface area contributed by atoms with Gasteiger partial charge in [0.15, 0.2) is 0 Å². The zero-order valence-electron chi connectivity index (χ0n) is 10.9. The van der Waals surface area contributed by atoms with Gasteiger partial charge in [-0.3, -0.25) is 4.79 Å². The summed E-state index contributed by atoms with van der Waals surface area (Å²) in [6, 6.07) is 4.03. The predicted molar refractivity (Wildman–Crippen MR) is 67.8 cm³/mol. The van der Waals surface area contributed by atoms with Crippen molar-refractivity contribution in [2.24, 2.45) is 0 Å². The SMILES string of the molecule is CCC(CC(=O)O)c1cc(C)c(OC)cc1C. The largest absolute Gasteiger partial charge is 0.496 e. The lowest BCUT2D eigenvalue weighted by Gasteiger charge is -2.18. The molecule has 94 valence electrons. The van der Waals surface area contributed by atoms with E-state index in [1.807, 2.05) is 32.9 Å². The molecule has 17 heavy (non-hydrogen) atoms. The molecule has 0 saturated heterocycles. The fourth-order valence-corrected chi connectivity index (χ4v) is 2.16. The van der Waals surface area contributed by atoms with Crippen molar-refractivity contribution in [1.82, 2.24) is 0 Å². The predicted octanol–water partition coefficient (Wildman–Crippen LogP) is 3.28. The minimum atomic E-state index is -0.746. The summed E-state index contributed by atoms with van der Waals surface area (Å²) in [5.74, 6) is 0.193. The molecule has 0 radical (unpaired) electrons. The standard InChI is InChI=1S/C14H20O3/c1-5-11(8-14(15)16)12-6-10(3)13(17-4)7-9(12)2/h6-7,11H,5,8H2,1-4H3,(H,15,16). The molecule has 1 rings (SSSR count). The maximum atomic E-state index is 10.8. The number of carbonyl (C=O) groups is 1. The van der Waals surface area contributed by atoms with Gasteiger partial charge >= 0.3 is 5.97 Å². The van der Waals surface area contributed by atoms with E-state index in [4.69, 9.17) is 9.84 Å². The van der Waals surface area contributed by atoms with E-state index in [0.29, 0.717) is 0 Å². The van der Waals surface area contributed by atoms with Crippen LogP contribution in [-0.4, -0.2) is 18.2 Å². The Morgan fingerprint density at radius 1 is 1.35 bits per heavy atom. The van der Waals surface area contributed by atoms with Crippen molar-refractivity contribution in [3.63, 3.8) is 0 Å². The van der Waals surface area contributed by atoms with Crippen LogP contribution in [0.25, 0.3) is 0 Å². The van der Waals surface area contributed by atoms with E-state index in [-0.39, 0.29) is 12.3 Å². The Kier molecular flexibility index (Phi) is 4.55. The van der Waals surface area contributed by atoms with Gasteiger partial charge in [-0.2, -0.15) is 0 Å². The maximum absolute atomic E-state index is 10.8. The number of aliphatic carboxylic acids is 1. The molecule has 0 heterocycles. The Balaban J connectivity index is 3.11. The highest BCUT2D eigenvalue weighted by Gasteiger charge is 2.17. The number of methoxy groups -OCH3 is 1. The minimum Gasteiger partial charge on any atom is -0.496 e. The van der Waals surface area contributed by atoms with Crippen molar-refractivity contribution < 1.29 is 14.6 Å². The van der Waals surface area contributed by atoms with Gasteiger partial charge in [0, 0.05) is 0 Å². The highest BCUT2D eigenvalue weighted by Crippen LogP contribution is 2.31. The molecule has 0 aromatic heterocycles.